The Labute approximate surface area is 97.1 Å². The summed E-state index contributed by atoms with van der Waals surface area (Å²) in [5, 5.41) is 2.64. The molecule has 0 aliphatic rings. The van der Waals surface area contributed by atoms with Crippen LogP contribution >= 0.6 is 0 Å². The van der Waals surface area contributed by atoms with E-state index in [2.05, 4.69) is 45.0 Å². The normalized spacial score (nSPS) is 11.1. The molecular formula is C15H18O. The molecule has 0 amide bonds. The van der Waals surface area contributed by atoms with Crippen molar-refractivity contribution in [2.45, 2.75) is 26.7 Å². The molecule has 1 heteroatoms. The molecule has 0 heterocycles. The highest BCUT2D eigenvalue weighted by Crippen LogP contribution is 2.30. The van der Waals surface area contributed by atoms with E-state index in [1.54, 1.807) is 7.11 Å². The Morgan fingerprint density at radius 2 is 1.75 bits per heavy atom. The van der Waals surface area contributed by atoms with Gasteiger partial charge in [-0.3, -0.25) is 0 Å². The van der Waals surface area contributed by atoms with Crippen LogP contribution in [0.1, 0.15) is 30.9 Å². The van der Waals surface area contributed by atoms with E-state index in [-0.39, 0.29) is 0 Å². The summed E-state index contributed by atoms with van der Waals surface area (Å²) in [5.41, 5.74) is 2.71. The topological polar surface area (TPSA) is 9.23 Å². The van der Waals surface area contributed by atoms with Crippen molar-refractivity contribution in [3.63, 3.8) is 0 Å². The Hall–Kier alpha value is -1.50. The number of benzene rings is 2. The maximum atomic E-state index is 5.28. The van der Waals surface area contributed by atoms with Gasteiger partial charge in [0.05, 0.1) is 7.11 Å². The van der Waals surface area contributed by atoms with Gasteiger partial charge in [-0.25, -0.2) is 0 Å². The number of hydrogen-bond acceptors (Lipinski definition) is 1. The van der Waals surface area contributed by atoms with Gasteiger partial charge >= 0.3 is 0 Å². The summed E-state index contributed by atoms with van der Waals surface area (Å²) in [6.07, 6.45) is 0. The van der Waals surface area contributed by atoms with Crippen LogP contribution in [0.2, 0.25) is 0 Å². The minimum absolute atomic E-state index is 0.552. The number of methoxy groups -OCH3 is 1. The van der Waals surface area contributed by atoms with E-state index < -0.39 is 0 Å². The third-order valence-electron chi connectivity index (χ3n) is 3.10. The minimum atomic E-state index is 0.552. The van der Waals surface area contributed by atoms with Crippen LogP contribution in [0, 0.1) is 6.92 Å². The largest absolute Gasteiger partial charge is 0.497 e. The highest BCUT2D eigenvalue weighted by atomic mass is 16.5. The van der Waals surface area contributed by atoms with Gasteiger partial charge in [-0.2, -0.15) is 0 Å². The molecule has 2 rings (SSSR count). The first-order chi connectivity index (χ1) is 7.63. The highest BCUT2D eigenvalue weighted by Gasteiger charge is 2.07. The lowest BCUT2D eigenvalue weighted by atomic mass is 9.93. The predicted molar refractivity (Wildman–Crippen MR) is 69.3 cm³/mol. The van der Waals surface area contributed by atoms with Crippen LogP contribution in [0.5, 0.6) is 5.75 Å². The van der Waals surface area contributed by atoms with Gasteiger partial charge in [0, 0.05) is 0 Å². The van der Waals surface area contributed by atoms with Crippen LogP contribution < -0.4 is 4.74 Å². The van der Waals surface area contributed by atoms with E-state index in [0.29, 0.717) is 5.92 Å². The van der Waals surface area contributed by atoms with E-state index in [1.165, 1.54) is 21.9 Å². The molecule has 1 nitrogen and oxygen atoms in total. The maximum Gasteiger partial charge on any atom is 0.119 e. The molecule has 2 aromatic rings. The summed E-state index contributed by atoms with van der Waals surface area (Å²) in [7, 11) is 1.71. The lowest BCUT2D eigenvalue weighted by molar-refractivity contribution is 0.415. The fraction of sp³-hybridized carbons (Fsp3) is 0.333. The smallest absolute Gasteiger partial charge is 0.119 e. The average molecular weight is 214 g/mol. The Morgan fingerprint density at radius 1 is 1.00 bits per heavy atom. The monoisotopic (exact) mass is 214 g/mol. The first-order valence-electron chi connectivity index (χ1n) is 5.70. The van der Waals surface area contributed by atoms with Crippen LogP contribution in [0.15, 0.2) is 30.3 Å². The van der Waals surface area contributed by atoms with E-state index in [1.807, 2.05) is 6.07 Å². The zero-order valence-electron chi connectivity index (χ0n) is 10.4. The van der Waals surface area contributed by atoms with Gasteiger partial charge in [0.1, 0.15) is 5.75 Å². The van der Waals surface area contributed by atoms with Crippen molar-refractivity contribution in [1.82, 2.24) is 0 Å². The van der Waals surface area contributed by atoms with Crippen LogP contribution in [0.4, 0.5) is 0 Å². The van der Waals surface area contributed by atoms with Gasteiger partial charge in [-0.1, -0.05) is 32.0 Å². The van der Waals surface area contributed by atoms with Crippen molar-refractivity contribution in [1.29, 1.82) is 0 Å². The van der Waals surface area contributed by atoms with E-state index in [0.717, 1.165) is 5.75 Å². The maximum absolute atomic E-state index is 5.28. The van der Waals surface area contributed by atoms with E-state index >= 15 is 0 Å². The van der Waals surface area contributed by atoms with Crippen molar-refractivity contribution in [2.75, 3.05) is 7.11 Å². The molecule has 16 heavy (non-hydrogen) atoms. The molecule has 0 unspecified atom stereocenters. The van der Waals surface area contributed by atoms with E-state index in [4.69, 9.17) is 4.74 Å². The number of aryl methyl sites for hydroxylation is 1. The molecule has 0 aliphatic carbocycles. The molecule has 0 saturated heterocycles. The number of rotatable bonds is 2. The fourth-order valence-electron chi connectivity index (χ4n) is 2.13. The summed E-state index contributed by atoms with van der Waals surface area (Å²) in [6, 6.07) is 10.7. The molecule has 0 radical (unpaired) electrons. The first-order valence-corrected chi connectivity index (χ1v) is 5.70. The summed E-state index contributed by atoms with van der Waals surface area (Å²) < 4.78 is 5.28. The molecule has 0 bridgehead atoms. The average Bonchev–Trinajstić information content (AvgIpc) is 2.29. The molecule has 0 aliphatic heterocycles. The molecule has 0 aromatic heterocycles. The summed E-state index contributed by atoms with van der Waals surface area (Å²) in [6.45, 7) is 6.61. The molecular weight excluding hydrogens is 196 g/mol. The third kappa shape index (κ3) is 1.78. The van der Waals surface area contributed by atoms with Gasteiger partial charge in [0.15, 0.2) is 0 Å². The summed E-state index contributed by atoms with van der Waals surface area (Å²) >= 11 is 0. The van der Waals surface area contributed by atoms with Gasteiger partial charge in [0.25, 0.3) is 0 Å². The molecule has 0 saturated carbocycles. The quantitative estimate of drug-likeness (QED) is 0.725. The van der Waals surface area contributed by atoms with Crippen LogP contribution in [0.25, 0.3) is 10.8 Å². The molecule has 0 spiro atoms. The van der Waals surface area contributed by atoms with Crippen molar-refractivity contribution in [2.24, 2.45) is 0 Å². The second kappa shape index (κ2) is 4.17. The highest BCUT2D eigenvalue weighted by molar-refractivity contribution is 5.90. The molecule has 84 valence electrons. The minimum Gasteiger partial charge on any atom is -0.497 e. The van der Waals surface area contributed by atoms with Gasteiger partial charge < -0.3 is 4.74 Å². The fourth-order valence-corrected chi connectivity index (χ4v) is 2.13. The van der Waals surface area contributed by atoms with E-state index in [9.17, 15) is 0 Å². The number of hydrogen-bond donors (Lipinski definition) is 0. The zero-order chi connectivity index (χ0) is 11.7. The van der Waals surface area contributed by atoms with Gasteiger partial charge in [-0.05, 0) is 46.9 Å². The lowest BCUT2D eigenvalue weighted by Crippen LogP contribution is -1.92. The second-order valence-electron chi connectivity index (χ2n) is 4.54. The van der Waals surface area contributed by atoms with Crippen LogP contribution in [-0.4, -0.2) is 7.11 Å². The Morgan fingerprint density at radius 3 is 2.38 bits per heavy atom. The van der Waals surface area contributed by atoms with Crippen LogP contribution in [-0.2, 0) is 0 Å². The summed E-state index contributed by atoms with van der Waals surface area (Å²) in [5.74, 6) is 1.48. The number of fused-ring (bicyclic) bond motifs is 1. The Bertz CT molecular complexity index is 512. The Balaban J connectivity index is 2.75. The van der Waals surface area contributed by atoms with Crippen molar-refractivity contribution < 1.29 is 4.74 Å². The van der Waals surface area contributed by atoms with Crippen molar-refractivity contribution >= 4 is 10.8 Å². The molecule has 0 atom stereocenters. The lowest BCUT2D eigenvalue weighted by Gasteiger charge is -2.12. The molecule has 0 fully saturated rings. The van der Waals surface area contributed by atoms with Crippen molar-refractivity contribution in [3.05, 3.63) is 41.5 Å². The standard InChI is InChI=1S/C15H18O/c1-10(2)13-7-5-11(3)15-9-12(16-4)6-8-14(13)15/h5-10H,1-4H3. The first kappa shape index (κ1) is 11.0. The SMILES string of the molecule is COc1ccc2c(C(C)C)ccc(C)c2c1. The molecule has 0 N–H and O–H groups in total. The summed E-state index contributed by atoms with van der Waals surface area (Å²) in [4.78, 5) is 0. The third-order valence-corrected chi connectivity index (χ3v) is 3.10. The Kier molecular flexibility index (Phi) is 2.86. The van der Waals surface area contributed by atoms with Crippen molar-refractivity contribution in [3.8, 4) is 5.75 Å². The second-order valence-corrected chi connectivity index (χ2v) is 4.54. The van der Waals surface area contributed by atoms with Crippen LogP contribution in [0.3, 0.4) is 0 Å². The predicted octanol–water partition coefficient (Wildman–Crippen LogP) is 4.28. The number of ether oxygens (including phenoxy) is 1. The zero-order valence-corrected chi connectivity index (χ0v) is 10.4. The van der Waals surface area contributed by atoms with Gasteiger partial charge in [-0.15, -0.1) is 0 Å². The van der Waals surface area contributed by atoms with Gasteiger partial charge in [0.2, 0.25) is 0 Å². The molecule has 2 aromatic carbocycles.